The molecule has 0 aromatic rings. The van der Waals surface area contributed by atoms with Crippen molar-refractivity contribution in [3.63, 3.8) is 0 Å². The number of nitrogens with one attached hydrogen (secondary N) is 4. The topological polar surface area (TPSA) is 65.2 Å². The zero-order valence-electron chi connectivity index (χ0n) is 17.9. The zero-order chi connectivity index (χ0) is 21.3. The molecule has 0 radical (unpaired) electrons. The third-order valence-corrected chi connectivity index (χ3v) is 8.19. The minimum absolute atomic E-state index is 0.0850. The van der Waals surface area contributed by atoms with E-state index in [0.29, 0.717) is 30.2 Å². The van der Waals surface area contributed by atoms with Gasteiger partial charge in [0.2, 0.25) is 5.91 Å². The Morgan fingerprint density at radius 3 is 2.47 bits per heavy atom. The number of fused-ring (bicyclic) bond motifs is 1. The smallest absolute Gasteiger partial charge is 0.352 e. The summed E-state index contributed by atoms with van der Waals surface area (Å²) in [6.45, 7) is 4.52. The van der Waals surface area contributed by atoms with E-state index in [0.717, 1.165) is 25.4 Å². The fourth-order valence-corrected chi connectivity index (χ4v) is 6.61. The van der Waals surface area contributed by atoms with Crippen LogP contribution in [0.5, 0.6) is 0 Å². The first-order chi connectivity index (χ1) is 14.3. The molecule has 1 aliphatic carbocycles. The van der Waals surface area contributed by atoms with Gasteiger partial charge in [0.25, 0.3) is 0 Å². The van der Waals surface area contributed by atoms with Crippen molar-refractivity contribution in [1.29, 1.82) is 0 Å². The molecule has 4 N–H and O–H groups in total. The van der Waals surface area contributed by atoms with Crippen LogP contribution < -0.4 is 21.3 Å². The summed E-state index contributed by atoms with van der Waals surface area (Å²) in [4.78, 5) is 12.8. The second-order valence-corrected chi connectivity index (χ2v) is 10.1. The summed E-state index contributed by atoms with van der Waals surface area (Å²) in [5, 5.41) is 12.6. The molecular weight excluding hydrogens is 393 g/mol. The van der Waals surface area contributed by atoms with Crippen LogP contribution in [0.15, 0.2) is 0 Å². The monoisotopic (exact) mass is 430 g/mol. The number of hydrogen-bond donors (Lipinski definition) is 4. The number of carbonyl (C=O) groups is 1. The Kier molecular flexibility index (Phi) is 6.95. The predicted octanol–water partition coefficient (Wildman–Crippen LogP) is 2.57. The van der Waals surface area contributed by atoms with Crippen LogP contribution in [-0.2, 0) is 4.79 Å². The molecule has 4 fully saturated rings. The summed E-state index contributed by atoms with van der Waals surface area (Å²) in [5.41, 5.74) is 0. The summed E-state index contributed by atoms with van der Waals surface area (Å²) >= 11 is 0. The Morgan fingerprint density at radius 1 is 0.900 bits per heavy atom. The Bertz CT molecular complexity index is 599. The molecule has 1 amide bonds. The zero-order valence-corrected chi connectivity index (χ0v) is 17.9. The van der Waals surface area contributed by atoms with Gasteiger partial charge < -0.3 is 21.3 Å². The fraction of sp³-hybridized carbons (Fsp3) is 0.955. The molecule has 3 heterocycles. The Labute approximate surface area is 177 Å². The molecule has 3 saturated heterocycles. The lowest BCUT2D eigenvalue weighted by Gasteiger charge is -2.48. The van der Waals surface area contributed by atoms with Gasteiger partial charge >= 0.3 is 6.18 Å². The lowest BCUT2D eigenvalue weighted by atomic mass is 9.63. The molecule has 0 spiro atoms. The molecule has 8 heteroatoms. The maximum atomic E-state index is 13.0. The Balaban J connectivity index is 1.30. The molecule has 0 bridgehead atoms. The highest BCUT2D eigenvalue weighted by atomic mass is 19.4. The highest BCUT2D eigenvalue weighted by Crippen LogP contribution is 2.43. The summed E-state index contributed by atoms with van der Waals surface area (Å²) in [5.74, 6) is 2.36. The largest absolute Gasteiger partial charge is 0.403 e. The highest BCUT2D eigenvalue weighted by Gasteiger charge is 2.45. The van der Waals surface area contributed by atoms with Crippen molar-refractivity contribution >= 4 is 5.91 Å². The molecule has 0 aromatic heterocycles. The van der Waals surface area contributed by atoms with Crippen LogP contribution in [0.25, 0.3) is 0 Å². The van der Waals surface area contributed by atoms with E-state index in [2.05, 4.69) is 28.2 Å². The number of piperidine rings is 3. The van der Waals surface area contributed by atoms with Gasteiger partial charge in [-0.15, -0.1) is 0 Å². The van der Waals surface area contributed by atoms with Crippen LogP contribution in [0.2, 0.25) is 0 Å². The second kappa shape index (κ2) is 9.33. The van der Waals surface area contributed by atoms with Gasteiger partial charge in [0.05, 0.1) is 6.04 Å². The van der Waals surface area contributed by atoms with E-state index in [9.17, 15) is 18.0 Å². The SMILES string of the molecule is CC1CC(C(=O)NC2CCNC(C(F)(F)F)C2)NCC1C1CCCC2NCCCC21. The number of rotatable bonds is 3. The van der Waals surface area contributed by atoms with Crippen LogP contribution in [0.3, 0.4) is 0 Å². The summed E-state index contributed by atoms with van der Waals surface area (Å²) < 4.78 is 39.0. The fourth-order valence-electron chi connectivity index (χ4n) is 6.61. The van der Waals surface area contributed by atoms with E-state index in [4.69, 9.17) is 0 Å². The third kappa shape index (κ3) is 4.96. The third-order valence-electron chi connectivity index (χ3n) is 8.19. The van der Waals surface area contributed by atoms with Gasteiger partial charge in [-0.2, -0.15) is 13.2 Å². The van der Waals surface area contributed by atoms with Gasteiger partial charge in [-0.3, -0.25) is 4.79 Å². The van der Waals surface area contributed by atoms with Gasteiger partial charge in [0.15, 0.2) is 0 Å². The highest BCUT2D eigenvalue weighted by molar-refractivity contribution is 5.82. The van der Waals surface area contributed by atoms with Crippen LogP contribution in [0.1, 0.15) is 58.3 Å². The lowest BCUT2D eigenvalue weighted by molar-refractivity contribution is -0.162. The standard InChI is InChI=1S/C22H37F3N4O/c1-13-10-19(21(30)29-14-7-9-27-20(11-14)22(23,24)25)28-12-17(13)15-4-2-6-18-16(15)5-3-8-26-18/h13-20,26-28H,2-12H2,1H3,(H,29,30). The van der Waals surface area contributed by atoms with E-state index in [-0.39, 0.29) is 24.9 Å². The molecule has 8 atom stereocenters. The van der Waals surface area contributed by atoms with E-state index >= 15 is 0 Å². The molecular formula is C22H37F3N4O. The van der Waals surface area contributed by atoms with Crippen molar-refractivity contribution in [1.82, 2.24) is 21.3 Å². The maximum Gasteiger partial charge on any atom is 0.403 e. The minimum Gasteiger partial charge on any atom is -0.352 e. The van der Waals surface area contributed by atoms with Gasteiger partial charge in [-0.25, -0.2) is 0 Å². The predicted molar refractivity (Wildman–Crippen MR) is 110 cm³/mol. The number of halogens is 3. The number of carbonyl (C=O) groups excluding carboxylic acids is 1. The Morgan fingerprint density at radius 2 is 1.70 bits per heavy atom. The molecule has 5 nitrogen and oxygen atoms in total. The Hall–Kier alpha value is -0.860. The van der Waals surface area contributed by atoms with Crippen molar-refractivity contribution in [3.05, 3.63) is 0 Å². The van der Waals surface area contributed by atoms with Crippen molar-refractivity contribution in [2.24, 2.45) is 23.7 Å². The molecule has 0 aromatic carbocycles. The molecule has 8 unspecified atom stereocenters. The summed E-state index contributed by atoms with van der Waals surface area (Å²) in [7, 11) is 0. The minimum atomic E-state index is -4.26. The first-order valence-electron chi connectivity index (χ1n) is 11.9. The van der Waals surface area contributed by atoms with Gasteiger partial charge in [0.1, 0.15) is 6.04 Å². The van der Waals surface area contributed by atoms with E-state index in [1.807, 2.05) is 0 Å². The van der Waals surface area contributed by atoms with Crippen molar-refractivity contribution in [2.75, 3.05) is 19.6 Å². The van der Waals surface area contributed by atoms with E-state index < -0.39 is 18.3 Å². The average Bonchev–Trinajstić information content (AvgIpc) is 2.73. The molecule has 30 heavy (non-hydrogen) atoms. The normalized spacial score (nSPS) is 42.9. The van der Waals surface area contributed by atoms with E-state index in [1.165, 1.54) is 32.1 Å². The van der Waals surface area contributed by atoms with Gasteiger partial charge in [-0.05, 0) is 88.3 Å². The molecule has 1 saturated carbocycles. The van der Waals surface area contributed by atoms with E-state index in [1.54, 1.807) is 0 Å². The lowest BCUT2D eigenvalue weighted by Crippen LogP contribution is -2.59. The second-order valence-electron chi connectivity index (χ2n) is 10.1. The quantitative estimate of drug-likeness (QED) is 0.556. The maximum absolute atomic E-state index is 13.0. The molecule has 4 rings (SSSR count). The molecule has 3 aliphatic heterocycles. The van der Waals surface area contributed by atoms with Crippen molar-refractivity contribution in [2.45, 2.75) is 88.6 Å². The average molecular weight is 431 g/mol. The van der Waals surface area contributed by atoms with Crippen LogP contribution in [-0.4, -0.2) is 55.9 Å². The van der Waals surface area contributed by atoms with Crippen molar-refractivity contribution < 1.29 is 18.0 Å². The molecule has 172 valence electrons. The first kappa shape index (κ1) is 22.3. The summed E-state index contributed by atoms with van der Waals surface area (Å²) in [6, 6.07) is -1.57. The van der Waals surface area contributed by atoms with Crippen LogP contribution >= 0.6 is 0 Å². The van der Waals surface area contributed by atoms with Crippen molar-refractivity contribution in [3.8, 4) is 0 Å². The first-order valence-corrected chi connectivity index (χ1v) is 11.9. The number of hydrogen-bond acceptors (Lipinski definition) is 4. The molecule has 4 aliphatic rings. The van der Waals surface area contributed by atoms with Gasteiger partial charge in [0, 0.05) is 12.1 Å². The van der Waals surface area contributed by atoms with Crippen LogP contribution in [0.4, 0.5) is 13.2 Å². The number of amides is 1. The van der Waals surface area contributed by atoms with Gasteiger partial charge in [-0.1, -0.05) is 13.3 Å². The van der Waals surface area contributed by atoms with Crippen LogP contribution in [0, 0.1) is 23.7 Å². The summed E-state index contributed by atoms with van der Waals surface area (Å²) in [6.07, 6.45) is 3.38. The number of alkyl halides is 3.